The molecule has 108 valence electrons. The molecule has 1 heterocycles. The molecule has 1 aliphatic heterocycles. The van der Waals surface area contributed by atoms with E-state index in [1.807, 2.05) is 6.92 Å². The monoisotopic (exact) mass is 283 g/mol. The maximum atomic E-state index is 12.6. The summed E-state index contributed by atoms with van der Waals surface area (Å²) in [7, 11) is 0. The largest absolute Gasteiger partial charge is 0.494 e. The molecule has 0 radical (unpaired) electrons. The smallest absolute Gasteiger partial charge is 0.238 e. The van der Waals surface area contributed by atoms with Crippen LogP contribution < -0.4 is 9.64 Å². The maximum Gasteiger partial charge on any atom is 0.238 e. The molecule has 21 heavy (non-hydrogen) atoms. The van der Waals surface area contributed by atoms with Crippen LogP contribution in [0.1, 0.15) is 13.3 Å². The van der Waals surface area contributed by atoms with Crippen molar-refractivity contribution in [2.45, 2.75) is 13.3 Å². The molecule has 3 aliphatic rings. The molecule has 1 aromatic rings. The van der Waals surface area contributed by atoms with Gasteiger partial charge in [0, 0.05) is 0 Å². The number of carbonyl (C=O) groups is 2. The first-order valence-electron chi connectivity index (χ1n) is 7.49. The van der Waals surface area contributed by atoms with Crippen molar-refractivity contribution in [1.82, 2.24) is 0 Å². The Kier molecular flexibility index (Phi) is 2.67. The first kappa shape index (κ1) is 12.6. The first-order valence-corrected chi connectivity index (χ1v) is 7.49. The molecule has 2 aliphatic carbocycles. The molecule has 1 saturated carbocycles. The lowest BCUT2D eigenvalue weighted by Gasteiger charge is -2.17. The fourth-order valence-electron chi connectivity index (χ4n) is 4.01. The highest BCUT2D eigenvalue weighted by Crippen LogP contribution is 2.53. The Morgan fingerprint density at radius 1 is 1.05 bits per heavy atom. The molecule has 0 spiro atoms. The number of allylic oxidation sites excluding steroid dienone is 2. The van der Waals surface area contributed by atoms with Gasteiger partial charge in [-0.15, -0.1) is 0 Å². The van der Waals surface area contributed by atoms with Crippen molar-refractivity contribution < 1.29 is 14.3 Å². The van der Waals surface area contributed by atoms with E-state index < -0.39 is 0 Å². The van der Waals surface area contributed by atoms with E-state index in [9.17, 15) is 9.59 Å². The van der Waals surface area contributed by atoms with E-state index in [0.717, 1.165) is 12.2 Å². The summed E-state index contributed by atoms with van der Waals surface area (Å²) in [4.78, 5) is 26.6. The number of hydrogen-bond acceptors (Lipinski definition) is 3. The number of rotatable bonds is 3. The fourth-order valence-corrected chi connectivity index (χ4v) is 4.01. The topological polar surface area (TPSA) is 46.6 Å². The summed E-state index contributed by atoms with van der Waals surface area (Å²) >= 11 is 0. The Hall–Kier alpha value is -2.10. The zero-order chi connectivity index (χ0) is 14.6. The fraction of sp³-hybridized carbons (Fsp3) is 0.412. The Morgan fingerprint density at radius 3 is 2.14 bits per heavy atom. The van der Waals surface area contributed by atoms with Crippen LogP contribution in [0.5, 0.6) is 5.75 Å². The predicted octanol–water partition coefficient (Wildman–Crippen LogP) is 2.40. The number of amides is 2. The van der Waals surface area contributed by atoms with Gasteiger partial charge in [-0.1, -0.05) is 12.2 Å². The predicted molar refractivity (Wildman–Crippen MR) is 77.8 cm³/mol. The third-order valence-corrected chi connectivity index (χ3v) is 4.88. The quantitative estimate of drug-likeness (QED) is 0.632. The van der Waals surface area contributed by atoms with Crippen molar-refractivity contribution in [3.63, 3.8) is 0 Å². The number of benzene rings is 1. The normalized spacial score (nSPS) is 32.9. The minimum Gasteiger partial charge on any atom is -0.494 e. The number of nitrogens with zero attached hydrogens (tertiary/aromatic N) is 1. The van der Waals surface area contributed by atoms with Gasteiger partial charge in [-0.2, -0.15) is 0 Å². The van der Waals surface area contributed by atoms with Gasteiger partial charge in [-0.25, -0.2) is 0 Å². The molecule has 2 amide bonds. The van der Waals surface area contributed by atoms with Crippen molar-refractivity contribution in [3.05, 3.63) is 36.4 Å². The Morgan fingerprint density at radius 2 is 1.62 bits per heavy atom. The minimum atomic E-state index is -0.140. The molecule has 0 aromatic heterocycles. The molecule has 0 N–H and O–H groups in total. The van der Waals surface area contributed by atoms with Gasteiger partial charge in [-0.3, -0.25) is 14.5 Å². The molecular weight excluding hydrogens is 266 g/mol. The summed E-state index contributed by atoms with van der Waals surface area (Å²) in [6, 6.07) is 7.19. The van der Waals surface area contributed by atoms with Crippen LogP contribution in [0.4, 0.5) is 5.69 Å². The van der Waals surface area contributed by atoms with E-state index in [1.165, 1.54) is 4.90 Å². The highest BCUT2D eigenvalue weighted by Gasteiger charge is 2.59. The van der Waals surface area contributed by atoms with Crippen LogP contribution in [-0.2, 0) is 9.59 Å². The zero-order valence-electron chi connectivity index (χ0n) is 11.9. The molecule has 4 rings (SSSR count). The number of ether oxygens (including phenoxy) is 1. The van der Waals surface area contributed by atoms with Crippen LogP contribution in [0.15, 0.2) is 36.4 Å². The van der Waals surface area contributed by atoms with Crippen molar-refractivity contribution >= 4 is 17.5 Å². The number of anilines is 1. The van der Waals surface area contributed by atoms with Gasteiger partial charge >= 0.3 is 0 Å². The van der Waals surface area contributed by atoms with Crippen molar-refractivity contribution in [3.8, 4) is 5.75 Å². The SMILES string of the molecule is CCOc1ccc(N2C(=O)C3C4C=CC(C4)C3C2=O)cc1. The van der Waals surface area contributed by atoms with Gasteiger partial charge in [0.05, 0.1) is 24.1 Å². The van der Waals surface area contributed by atoms with Gasteiger partial charge < -0.3 is 4.74 Å². The molecule has 4 atom stereocenters. The van der Waals surface area contributed by atoms with E-state index in [1.54, 1.807) is 24.3 Å². The van der Waals surface area contributed by atoms with Crippen LogP contribution >= 0.6 is 0 Å². The van der Waals surface area contributed by atoms with Gasteiger partial charge in [0.2, 0.25) is 11.8 Å². The van der Waals surface area contributed by atoms with E-state index >= 15 is 0 Å². The molecule has 4 nitrogen and oxygen atoms in total. The lowest BCUT2D eigenvalue weighted by molar-refractivity contribution is -0.123. The third-order valence-electron chi connectivity index (χ3n) is 4.88. The average molecular weight is 283 g/mol. The highest BCUT2D eigenvalue weighted by molar-refractivity contribution is 6.22. The first-order chi connectivity index (χ1) is 10.2. The second-order valence-electron chi connectivity index (χ2n) is 5.94. The molecule has 2 bridgehead atoms. The molecule has 1 aromatic carbocycles. The number of carbonyl (C=O) groups excluding carboxylic acids is 2. The van der Waals surface area contributed by atoms with Crippen molar-refractivity contribution in [1.29, 1.82) is 0 Å². The van der Waals surface area contributed by atoms with Crippen molar-refractivity contribution in [2.75, 3.05) is 11.5 Å². The lowest BCUT2D eigenvalue weighted by Crippen LogP contribution is -2.32. The molecule has 4 heteroatoms. The van der Waals surface area contributed by atoms with Crippen LogP contribution in [0, 0.1) is 23.7 Å². The minimum absolute atomic E-state index is 0.0361. The number of fused-ring (bicyclic) bond motifs is 5. The number of imide groups is 1. The molecule has 1 saturated heterocycles. The summed E-state index contributed by atoms with van der Waals surface area (Å²) in [6.07, 6.45) is 5.18. The summed E-state index contributed by atoms with van der Waals surface area (Å²) in [5, 5.41) is 0. The molecule has 2 fully saturated rings. The summed E-state index contributed by atoms with van der Waals surface area (Å²) in [6.45, 7) is 2.52. The average Bonchev–Trinajstić information content (AvgIpc) is 3.15. The molecule has 4 unspecified atom stereocenters. The van der Waals surface area contributed by atoms with Crippen LogP contribution in [-0.4, -0.2) is 18.4 Å². The van der Waals surface area contributed by atoms with Gasteiger partial charge in [0.25, 0.3) is 0 Å². The van der Waals surface area contributed by atoms with Crippen molar-refractivity contribution in [2.24, 2.45) is 23.7 Å². The van der Waals surface area contributed by atoms with Gasteiger partial charge in [0.1, 0.15) is 5.75 Å². The van der Waals surface area contributed by atoms with Crippen LogP contribution in [0.3, 0.4) is 0 Å². The summed E-state index contributed by atoms with van der Waals surface area (Å²) in [5.74, 6) is 0.908. The zero-order valence-corrected chi connectivity index (χ0v) is 11.9. The highest BCUT2D eigenvalue weighted by atomic mass is 16.5. The second kappa shape index (κ2) is 4.45. The van der Waals surface area contributed by atoms with E-state index in [-0.39, 0.29) is 35.5 Å². The van der Waals surface area contributed by atoms with Gasteiger partial charge in [0.15, 0.2) is 0 Å². The standard InChI is InChI=1S/C17H17NO3/c1-2-21-13-7-5-12(6-8-13)18-16(19)14-10-3-4-11(9-10)15(14)17(18)20/h3-8,10-11,14-15H,2,9H2,1H3. The molecular formula is C17H17NO3. The van der Waals surface area contributed by atoms with Crippen LogP contribution in [0.2, 0.25) is 0 Å². The van der Waals surface area contributed by atoms with Crippen LogP contribution in [0.25, 0.3) is 0 Å². The van der Waals surface area contributed by atoms with Gasteiger partial charge in [-0.05, 0) is 49.4 Å². The van der Waals surface area contributed by atoms with E-state index in [2.05, 4.69) is 12.2 Å². The third kappa shape index (κ3) is 1.68. The summed E-state index contributed by atoms with van der Waals surface area (Å²) < 4.78 is 5.40. The Balaban J connectivity index is 1.64. The Bertz CT molecular complexity index is 604. The van der Waals surface area contributed by atoms with E-state index in [4.69, 9.17) is 4.74 Å². The maximum absolute atomic E-state index is 12.6. The summed E-state index contributed by atoms with van der Waals surface area (Å²) in [5.41, 5.74) is 0.655. The second-order valence-corrected chi connectivity index (χ2v) is 5.94. The Labute approximate surface area is 123 Å². The van der Waals surface area contributed by atoms with E-state index in [0.29, 0.717) is 12.3 Å². The number of hydrogen-bond donors (Lipinski definition) is 0. The lowest BCUT2D eigenvalue weighted by atomic mass is 9.85.